The van der Waals surface area contributed by atoms with E-state index in [4.69, 9.17) is 11.6 Å². The van der Waals surface area contributed by atoms with Gasteiger partial charge in [0.1, 0.15) is 0 Å². The number of benzene rings is 2. The van der Waals surface area contributed by atoms with Crippen molar-refractivity contribution in [3.8, 4) is 0 Å². The summed E-state index contributed by atoms with van der Waals surface area (Å²) in [6.07, 6.45) is 3.17. The molecule has 0 saturated carbocycles. The number of halogens is 1. The van der Waals surface area contributed by atoms with E-state index in [1.54, 1.807) is 48.5 Å². The number of carbonyl (C=O) groups is 3. The Hall–Kier alpha value is -2.92. The Kier molecular flexibility index (Phi) is 4.77. The Morgan fingerprint density at radius 2 is 1.82 bits per heavy atom. The van der Waals surface area contributed by atoms with Crippen LogP contribution in [0.15, 0.2) is 60.2 Å². The van der Waals surface area contributed by atoms with Crippen molar-refractivity contribution in [3.05, 3.63) is 70.8 Å². The summed E-state index contributed by atoms with van der Waals surface area (Å²) >= 11 is 5.98. The van der Waals surface area contributed by atoms with Crippen LogP contribution in [-0.2, 0) is 9.59 Å². The molecule has 1 N–H and O–H groups in total. The summed E-state index contributed by atoms with van der Waals surface area (Å²) in [6, 6.07) is 13.5. The van der Waals surface area contributed by atoms with E-state index in [9.17, 15) is 14.4 Å². The van der Waals surface area contributed by atoms with Crippen molar-refractivity contribution in [1.82, 2.24) is 0 Å². The maximum Gasteiger partial charge on any atom is 0.257 e. The predicted octanol–water partition coefficient (Wildman–Crippen LogP) is 4.44. The van der Waals surface area contributed by atoms with Gasteiger partial charge in [-0.3, -0.25) is 14.4 Å². The highest BCUT2D eigenvalue weighted by molar-refractivity contribution is 6.31. The Labute approximate surface area is 168 Å². The molecule has 1 aliphatic heterocycles. The van der Waals surface area contributed by atoms with Crippen molar-refractivity contribution in [2.75, 3.05) is 10.2 Å². The van der Waals surface area contributed by atoms with Gasteiger partial charge in [-0.1, -0.05) is 41.4 Å². The van der Waals surface area contributed by atoms with Crippen LogP contribution in [0.25, 0.3) is 0 Å². The smallest absolute Gasteiger partial charge is 0.257 e. The minimum absolute atomic E-state index is 0.231. The number of hydrogen-bond acceptors (Lipinski definition) is 3. The molecule has 2 aliphatic rings. The van der Waals surface area contributed by atoms with E-state index >= 15 is 0 Å². The molecule has 1 fully saturated rings. The third kappa shape index (κ3) is 3.22. The fourth-order valence-electron chi connectivity index (χ4n) is 3.90. The van der Waals surface area contributed by atoms with Gasteiger partial charge < -0.3 is 5.32 Å². The lowest BCUT2D eigenvalue weighted by Crippen LogP contribution is -2.33. The summed E-state index contributed by atoms with van der Waals surface area (Å²) in [6.45, 7) is 1.98. The van der Waals surface area contributed by atoms with Crippen molar-refractivity contribution in [1.29, 1.82) is 0 Å². The minimum Gasteiger partial charge on any atom is -0.322 e. The van der Waals surface area contributed by atoms with E-state index in [0.717, 1.165) is 5.57 Å². The first-order valence-electron chi connectivity index (χ1n) is 9.15. The Morgan fingerprint density at radius 1 is 1.07 bits per heavy atom. The van der Waals surface area contributed by atoms with Crippen molar-refractivity contribution in [3.63, 3.8) is 0 Å². The van der Waals surface area contributed by atoms with Crippen LogP contribution in [0.5, 0.6) is 0 Å². The normalized spacial score (nSPS) is 21.4. The molecule has 1 saturated heterocycles. The molecule has 4 rings (SSSR count). The number of fused-ring (bicyclic) bond motifs is 1. The SMILES string of the molecule is CC1=CC[C@H]2C(=O)N(c3ccccc3C(=O)Nc3cccc(Cl)c3)C(=O)[C@H]2C1. The summed E-state index contributed by atoms with van der Waals surface area (Å²) in [5.41, 5.74) is 2.26. The lowest BCUT2D eigenvalue weighted by Gasteiger charge is -2.19. The lowest BCUT2D eigenvalue weighted by atomic mass is 9.82. The van der Waals surface area contributed by atoms with Crippen LogP contribution in [0.3, 0.4) is 0 Å². The van der Waals surface area contributed by atoms with Crippen molar-refractivity contribution in [2.24, 2.45) is 11.8 Å². The van der Waals surface area contributed by atoms with Crippen LogP contribution in [0.4, 0.5) is 11.4 Å². The Bertz CT molecular complexity index is 1010. The quantitative estimate of drug-likeness (QED) is 0.618. The molecule has 1 heterocycles. The fourth-order valence-corrected chi connectivity index (χ4v) is 4.09. The van der Waals surface area contributed by atoms with Crippen LogP contribution in [-0.4, -0.2) is 17.7 Å². The van der Waals surface area contributed by atoms with E-state index in [1.165, 1.54) is 4.90 Å². The zero-order valence-corrected chi connectivity index (χ0v) is 16.1. The number of nitrogens with zero attached hydrogens (tertiary/aromatic N) is 1. The van der Waals surface area contributed by atoms with Gasteiger partial charge in [0.15, 0.2) is 0 Å². The molecule has 1 aliphatic carbocycles. The number of amides is 3. The van der Waals surface area contributed by atoms with E-state index in [-0.39, 0.29) is 29.2 Å². The second-order valence-electron chi connectivity index (χ2n) is 7.20. The third-order valence-corrected chi connectivity index (χ3v) is 5.53. The number of carbonyl (C=O) groups excluding carboxylic acids is 3. The highest BCUT2D eigenvalue weighted by Gasteiger charge is 2.49. The van der Waals surface area contributed by atoms with E-state index < -0.39 is 5.91 Å². The lowest BCUT2D eigenvalue weighted by molar-refractivity contribution is -0.122. The van der Waals surface area contributed by atoms with E-state index in [1.807, 2.05) is 13.0 Å². The van der Waals surface area contributed by atoms with Crippen molar-refractivity contribution >= 4 is 40.7 Å². The van der Waals surface area contributed by atoms with Gasteiger partial charge in [-0.05, 0) is 50.1 Å². The number of anilines is 2. The van der Waals surface area contributed by atoms with Crippen LogP contribution in [0.1, 0.15) is 30.1 Å². The molecule has 28 heavy (non-hydrogen) atoms. The van der Waals surface area contributed by atoms with E-state index in [2.05, 4.69) is 5.32 Å². The molecular weight excluding hydrogens is 376 g/mol. The van der Waals surface area contributed by atoms with Gasteiger partial charge in [-0.15, -0.1) is 0 Å². The minimum atomic E-state index is -0.400. The molecule has 6 heteroatoms. The van der Waals surface area contributed by atoms with Gasteiger partial charge >= 0.3 is 0 Å². The van der Waals surface area contributed by atoms with Gasteiger partial charge in [0.2, 0.25) is 11.8 Å². The maximum absolute atomic E-state index is 13.0. The summed E-state index contributed by atoms with van der Waals surface area (Å²) in [7, 11) is 0. The number of rotatable bonds is 3. The fraction of sp³-hybridized carbons (Fsp3) is 0.227. The van der Waals surface area contributed by atoms with Crippen LogP contribution in [0, 0.1) is 11.8 Å². The van der Waals surface area contributed by atoms with Gasteiger partial charge in [-0.2, -0.15) is 0 Å². The standard InChI is InChI=1S/C22H19ClN2O3/c1-13-9-10-16-18(11-13)22(28)25(21(16)27)19-8-3-2-7-17(19)20(26)24-15-6-4-5-14(23)12-15/h2-9,12,16,18H,10-11H2,1H3,(H,24,26)/t16-,18+/m1/s1. The number of imide groups is 1. The second-order valence-corrected chi connectivity index (χ2v) is 7.63. The maximum atomic E-state index is 13.0. The van der Waals surface area contributed by atoms with Crippen molar-refractivity contribution in [2.45, 2.75) is 19.8 Å². The summed E-state index contributed by atoms with van der Waals surface area (Å²) in [5.74, 6) is -1.56. The zero-order valence-electron chi connectivity index (χ0n) is 15.3. The van der Waals surface area contributed by atoms with Gasteiger partial charge in [0.05, 0.1) is 23.1 Å². The van der Waals surface area contributed by atoms with Crippen LogP contribution >= 0.6 is 11.6 Å². The van der Waals surface area contributed by atoms with Gasteiger partial charge in [-0.25, -0.2) is 4.90 Å². The molecule has 2 aromatic carbocycles. The first kappa shape index (κ1) is 18.4. The molecule has 142 valence electrons. The van der Waals surface area contributed by atoms with Crippen LogP contribution in [0.2, 0.25) is 5.02 Å². The molecule has 0 unspecified atom stereocenters. The molecule has 0 spiro atoms. The largest absolute Gasteiger partial charge is 0.322 e. The first-order valence-corrected chi connectivity index (χ1v) is 9.53. The first-order chi connectivity index (χ1) is 13.5. The Morgan fingerprint density at radius 3 is 2.61 bits per heavy atom. The molecular formula is C22H19ClN2O3. The molecule has 2 aromatic rings. The van der Waals surface area contributed by atoms with Gasteiger partial charge in [0.25, 0.3) is 5.91 Å². The topological polar surface area (TPSA) is 66.5 Å². The number of para-hydroxylation sites is 1. The molecule has 0 aromatic heterocycles. The summed E-state index contributed by atoms with van der Waals surface area (Å²) < 4.78 is 0. The number of allylic oxidation sites excluding steroid dienone is 2. The Balaban J connectivity index is 1.66. The molecule has 0 bridgehead atoms. The van der Waals surface area contributed by atoms with Gasteiger partial charge in [0, 0.05) is 10.7 Å². The number of nitrogens with one attached hydrogen (secondary N) is 1. The summed E-state index contributed by atoms with van der Waals surface area (Å²) in [5, 5.41) is 3.28. The molecule has 3 amide bonds. The second kappa shape index (κ2) is 7.24. The third-order valence-electron chi connectivity index (χ3n) is 5.30. The monoisotopic (exact) mass is 394 g/mol. The summed E-state index contributed by atoms with van der Waals surface area (Å²) in [4.78, 5) is 40.0. The highest BCUT2D eigenvalue weighted by Crippen LogP contribution is 2.40. The number of hydrogen-bond donors (Lipinski definition) is 1. The average Bonchev–Trinajstić information content (AvgIpc) is 2.91. The van der Waals surface area contributed by atoms with E-state index in [0.29, 0.717) is 29.2 Å². The zero-order chi connectivity index (χ0) is 19.8. The highest BCUT2D eigenvalue weighted by atomic mass is 35.5. The molecule has 0 radical (unpaired) electrons. The molecule has 2 atom stereocenters. The average molecular weight is 395 g/mol. The predicted molar refractivity (Wildman–Crippen MR) is 108 cm³/mol. The van der Waals surface area contributed by atoms with Crippen LogP contribution < -0.4 is 10.2 Å². The molecule has 5 nitrogen and oxygen atoms in total. The van der Waals surface area contributed by atoms with Crippen molar-refractivity contribution < 1.29 is 14.4 Å².